The van der Waals surface area contributed by atoms with Crippen molar-refractivity contribution in [3.8, 4) is 0 Å². The molecule has 2 saturated heterocycles. The number of carbonyl (C=O) groups is 1. The first-order valence-corrected chi connectivity index (χ1v) is 13.7. The number of carboxylic acids is 1. The summed E-state index contributed by atoms with van der Waals surface area (Å²) in [5, 5.41) is 9.47. The van der Waals surface area contributed by atoms with E-state index < -0.39 is 16.0 Å². The van der Waals surface area contributed by atoms with Gasteiger partial charge in [-0.2, -0.15) is 0 Å². The summed E-state index contributed by atoms with van der Waals surface area (Å²) in [7, 11) is -3.85. The Labute approximate surface area is 202 Å². The van der Waals surface area contributed by atoms with Gasteiger partial charge in [0, 0.05) is 13.1 Å². The molecule has 0 aliphatic carbocycles. The van der Waals surface area contributed by atoms with Gasteiger partial charge in [0.15, 0.2) is 0 Å². The average Bonchev–Trinajstić information content (AvgIpc) is 2.83. The number of likely N-dealkylation sites (tertiary alicyclic amines) is 1. The smallest absolute Gasteiger partial charge is 0.335 e. The van der Waals surface area contributed by atoms with Gasteiger partial charge in [-0.3, -0.25) is 4.72 Å². The molecular formula is C26H35N3O4S. The fourth-order valence-corrected chi connectivity index (χ4v) is 6.19. The molecule has 0 unspecified atom stereocenters. The van der Waals surface area contributed by atoms with E-state index in [4.69, 9.17) is 0 Å². The van der Waals surface area contributed by atoms with Crippen molar-refractivity contribution in [2.75, 3.05) is 42.3 Å². The Balaban J connectivity index is 1.47. The van der Waals surface area contributed by atoms with Crippen molar-refractivity contribution in [2.45, 2.75) is 50.3 Å². The van der Waals surface area contributed by atoms with E-state index in [0.717, 1.165) is 37.2 Å². The molecule has 2 aromatic rings. The minimum absolute atomic E-state index is 0.0575. The van der Waals surface area contributed by atoms with Crippen molar-refractivity contribution in [2.24, 2.45) is 5.92 Å². The number of hydrogen-bond donors (Lipinski definition) is 2. The number of nitrogens with one attached hydrogen (secondary N) is 1. The van der Waals surface area contributed by atoms with Crippen LogP contribution in [-0.4, -0.2) is 57.1 Å². The third kappa shape index (κ3) is 6.10. The Morgan fingerprint density at radius 2 is 1.76 bits per heavy atom. The van der Waals surface area contributed by atoms with Crippen molar-refractivity contribution in [3.63, 3.8) is 0 Å². The molecule has 0 saturated carbocycles. The maximum absolute atomic E-state index is 13.1. The fourth-order valence-electron chi connectivity index (χ4n) is 5.02. The lowest BCUT2D eigenvalue weighted by Gasteiger charge is -2.36. The molecule has 0 atom stereocenters. The summed E-state index contributed by atoms with van der Waals surface area (Å²) < 4.78 is 28.8. The Kier molecular flexibility index (Phi) is 7.78. The first-order chi connectivity index (χ1) is 16.3. The zero-order valence-electron chi connectivity index (χ0n) is 19.9. The number of piperidine rings is 2. The Hall–Kier alpha value is -2.58. The predicted molar refractivity (Wildman–Crippen MR) is 135 cm³/mol. The standard InChI is InChI=1S/C26H35N3O4S/c1-20-6-5-7-23(18-20)34(32,33)27-24-19-22(26(30)31)8-9-25(24)29-16-11-21(12-17-29)10-15-28-13-3-2-4-14-28/h5-9,18-19,21,27H,2-4,10-17H2,1H3,(H,30,31). The number of hydrogen-bond acceptors (Lipinski definition) is 5. The molecule has 2 heterocycles. The van der Waals surface area contributed by atoms with Gasteiger partial charge in [0.05, 0.1) is 21.8 Å². The number of nitrogens with zero attached hydrogens (tertiary/aromatic N) is 2. The summed E-state index contributed by atoms with van der Waals surface area (Å²) in [5.74, 6) is -0.414. The molecule has 0 aromatic heterocycles. The molecule has 2 aliphatic heterocycles. The minimum atomic E-state index is -3.85. The van der Waals surface area contributed by atoms with E-state index in [9.17, 15) is 18.3 Å². The lowest BCUT2D eigenvalue weighted by molar-refractivity contribution is 0.0697. The van der Waals surface area contributed by atoms with Crippen LogP contribution in [0.15, 0.2) is 47.4 Å². The van der Waals surface area contributed by atoms with E-state index in [1.165, 1.54) is 51.4 Å². The molecule has 34 heavy (non-hydrogen) atoms. The highest BCUT2D eigenvalue weighted by Crippen LogP contribution is 2.33. The summed E-state index contributed by atoms with van der Waals surface area (Å²) in [6, 6.07) is 11.4. The molecule has 4 rings (SSSR count). The molecule has 0 radical (unpaired) electrons. The van der Waals surface area contributed by atoms with E-state index in [1.54, 1.807) is 30.3 Å². The normalized spacial score (nSPS) is 18.1. The quantitative estimate of drug-likeness (QED) is 0.569. The van der Waals surface area contributed by atoms with Crippen molar-refractivity contribution in [1.29, 1.82) is 0 Å². The van der Waals surface area contributed by atoms with Crippen molar-refractivity contribution in [3.05, 3.63) is 53.6 Å². The SMILES string of the molecule is Cc1cccc(S(=O)(=O)Nc2cc(C(=O)O)ccc2N2CCC(CCN3CCCCC3)CC2)c1. The molecular weight excluding hydrogens is 450 g/mol. The van der Waals surface area contributed by atoms with Crippen LogP contribution in [0, 0.1) is 12.8 Å². The van der Waals surface area contributed by atoms with Crippen LogP contribution in [0.4, 0.5) is 11.4 Å². The lowest BCUT2D eigenvalue weighted by Crippen LogP contribution is -2.36. The van der Waals surface area contributed by atoms with Crippen LogP contribution in [0.1, 0.15) is 54.4 Å². The van der Waals surface area contributed by atoms with Gasteiger partial charge in [-0.25, -0.2) is 13.2 Å². The lowest BCUT2D eigenvalue weighted by atomic mass is 9.92. The largest absolute Gasteiger partial charge is 0.478 e. The third-order valence-electron chi connectivity index (χ3n) is 7.05. The maximum atomic E-state index is 13.1. The molecule has 7 nitrogen and oxygen atoms in total. The van der Waals surface area contributed by atoms with Gasteiger partial charge in [0.25, 0.3) is 10.0 Å². The molecule has 8 heteroatoms. The van der Waals surface area contributed by atoms with Gasteiger partial charge in [0.1, 0.15) is 0 Å². The summed E-state index contributed by atoms with van der Waals surface area (Å²) in [5.41, 5.74) is 1.94. The summed E-state index contributed by atoms with van der Waals surface area (Å²) in [6.45, 7) is 7.11. The second-order valence-corrected chi connectivity index (χ2v) is 11.3. The highest BCUT2D eigenvalue weighted by atomic mass is 32.2. The molecule has 0 spiro atoms. The van der Waals surface area contributed by atoms with Crippen molar-refractivity contribution in [1.82, 2.24) is 4.90 Å². The molecule has 0 bridgehead atoms. The average molecular weight is 486 g/mol. The summed E-state index contributed by atoms with van der Waals surface area (Å²) >= 11 is 0. The third-order valence-corrected chi connectivity index (χ3v) is 8.41. The Morgan fingerprint density at radius 1 is 1.03 bits per heavy atom. The van der Waals surface area contributed by atoms with E-state index in [-0.39, 0.29) is 10.5 Å². The highest BCUT2D eigenvalue weighted by Gasteiger charge is 2.25. The van der Waals surface area contributed by atoms with Crippen LogP contribution in [-0.2, 0) is 10.0 Å². The summed E-state index contributed by atoms with van der Waals surface area (Å²) in [4.78, 5) is 16.5. The molecule has 184 valence electrons. The number of sulfonamides is 1. The van der Waals surface area contributed by atoms with Crippen molar-refractivity contribution < 1.29 is 18.3 Å². The molecule has 2 aromatic carbocycles. The van der Waals surface area contributed by atoms with Crippen LogP contribution >= 0.6 is 0 Å². The number of aryl methyl sites for hydroxylation is 1. The number of anilines is 2. The monoisotopic (exact) mass is 485 g/mol. The topological polar surface area (TPSA) is 89.9 Å². The zero-order valence-corrected chi connectivity index (χ0v) is 20.7. The van der Waals surface area contributed by atoms with E-state index in [2.05, 4.69) is 14.5 Å². The van der Waals surface area contributed by atoms with Crippen LogP contribution in [0.2, 0.25) is 0 Å². The Morgan fingerprint density at radius 3 is 2.44 bits per heavy atom. The minimum Gasteiger partial charge on any atom is -0.478 e. The second-order valence-electron chi connectivity index (χ2n) is 9.58. The number of aromatic carboxylic acids is 1. The van der Waals surface area contributed by atoms with Gasteiger partial charge >= 0.3 is 5.97 Å². The molecule has 2 fully saturated rings. The Bertz CT molecular complexity index is 1100. The van der Waals surface area contributed by atoms with Crippen LogP contribution in [0.5, 0.6) is 0 Å². The first kappa shape index (κ1) is 24.5. The van der Waals surface area contributed by atoms with Gasteiger partial charge in [-0.05, 0) is 100 Å². The molecule has 2 N–H and O–H groups in total. The van der Waals surface area contributed by atoms with Crippen molar-refractivity contribution >= 4 is 27.4 Å². The fraction of sp³-hybridized carbons (Fsp3) is 0.500. The predicted octanol–water partition coefficient (Wildman–Crippen LogP) is 4.59. The highest BCUT2D eigenvalue weighted by molar-refractivity contribution is 7.92. The van der Waals surface area contributed by atoms with Crippen LogP contribution in [0.3, 0.4) is 0 Å². The zero-order chi connectivity index (χ0) is 24.1. The van der Waals surface area contributed by atoms with Gasteiger partial charge < -0.3 is 14.9 Å². The number of rotatable bonds is 8. The number of benzene rings is 2. The maximum Gasteiger partial charge on any atom is 0.335 e. The van der Waals surface area contributed by atoms with Crippen LogP contribution in [0.25, 0.3) is 0 Å². The molecule has 0 amide bonds. The molecule has 2 aliphatic rings. The van der Waals surface area contributed by atoms with E-state index in [1.807, 2.05) is 13.0 Å². The van der Waals surface area contributed by atoms with Crippen LogP contribution < -0.4 is 9.62 Å². The van der Waals surface area contributed by atoms with Gasteiger partial charge in [0.2, 0.25) is 0 Å². The first-order valence-electron chi connectivity index (χ1n) is 12.3. The second kappa shape index (κ2) is 10.8. The van der Waals surface area contributed by atoms with Gasteiger partial charge in [-0.1, -0.05) is 18.6 Å². The van der Waals surface area contributed by atoms with Gasteiger partial charge in [-0.15, -0.1) is 0 Å². The van der Waals surface area contributed by atoms with E-state index >= 15 is 0 Å². The van der Waals surface area contributed by atoms with E-state index in [0.29, 0.717) is 11.6 Å². The number of carboxylic acid groups (broad SMARTS) is 1. The summed E-state index contributed by atoms with van der Waals surface area (Å²) in [6.07, 6.45) is 7.29.